The molecule has 0 rings (SSSR count). The van der Waals surface area contributed by atoms with Crippen LogP contribution in [0.3, 0.4) is 0 Å². The molecule has 17 nitrogen and oxygen atoms in total. The van der Waals surface area contributed by atoms with Crippen molar-refractivity contribution in [2.45, 2.75) is 464 Å². The van der Waals surface area contributed by atoms with Gasteiger partial charge in [-0.3, -0.25) is 37.3 Å². The van der Waals surface area contributed by atoms with Crippen LogP contribution in [0.25, 0.3) is 0 Å². The molecule has 3 N–H and O–H groups in total. The van der Waals surface area contributed by atoms with Gasteiger partial charge in [0, 0.05) is 25.7 Å². The molecule has 102 heavy (non-hydrogen) atoms. The number of carbonyl (C=O) groups excluding carboxylic acids is 4. The van der Waals surface area contributed by atoms with Crippen LogP contribution in [-0.2, 0) is 65.4 Å². The first-order valence-corrected chi connectivity index (χ1v) is 46.1. The van der Waals surface area contributed by atoms with E-state index in [2.05, 4.69) is 34.6 Å². The van der Waals surface area contributed by atoms with Gasteiger partial charge in [-0.2, -0.15) is 0 Å². The van der Waals surface area contributed by atoms with Crippen LogP contribution in [-0.4, -0.2) is 96.7 Å². The molecule has 0 aliphatic rings. The minimum atomic E-state index is -4.96. The summed E-state index contributed by atoms with van der Waals surface area (Å²) in [6, 6.07) is 0. The summed E-state index contributed by atoms with van der Waals surface area (Å²) in [5.41, 5.74) is 0. The molecule has 19 heteroatoms. The predicted molar refractivity (Wildman–Crippen MR) is 418 cm³/mol. The number of esters is 4. The molecule has 0 aliphatic carbocycles. The lowest BCUT2D eigenvalue weighted by atomic mass is 10.0. The number of phosphoric acid groups is 2. The number of carbonyl (C=O) groups is 4. The highest BCUT2D eigenvalue weighted by Gasteiger charge is 2.30. The van der Waals surface area contributed by atoms with Crippen molar-refractivity contribution in [2.75, 3.05) is 39.6 Å². The molecule has 0 saturated heterocycles. The SMILES string of the molecule is CCCCCCCCCCCCCCCCCCCCCCCC(=O)O[C@H](COC(=O)CCCCCCCCCCCCCCCCCCCC)COP(=O)(O)OC[C@@H](O)COP(=O)(O)OC[C@@H](COC(=O)CCCCCCCCCCCC)OC(=O)CCCCCCCCCCCCC(C)C. The standard InChI is InChI=1S/C83H162O17P2/c1-6-9-12-15-18-21-24-26-28-30-32-33-34-36-38-40-42-48-53-58-63-68-82(87)99-79(73-94-81(86)67-62-57-52-47-41-39-37-35-31-29-27-25-22-19-16-13-10-7-2)75-98-102(91,92)96-71-77(84)70-95-101(89,90)97-74-78(72-93-80(85)66-61-56-51-46-23-20-17-14-11-8-3)100-83(88)69-64-59-54-49-44-43-45-50-55-60-65-76(4)5/h76-79,84H,6-75H2,1-5H3,(H,89,90)(H,91,92)/t77-,78+,79+/m0/s1. The fraction of sp³-hybridized carbons (Fsp3) is 0.952. The average Bonchev–Trinajstić information content (AvgIpc) is 0.957. The maximum absolute atomic E-state index is 13.1. The lowest BCUT2D eigenvalue weighted by Gasteiger charge is -2.21. The first kappa shape index (κ1) is 100. The molecule has 0 aliphatic heterocycles. The van der Waals surface area contributed by atoms with E-state index in [1.54, 1.807) is 0 Å². The van der Waals surface area contributed by atoms with Crippen LogP contribution < -0.4 is 0 Å². The molecule has 0 heterocycles. The molecule has 606 valence electrons. The number of ether oxygens (including phenoxy) is 4. The second-order valence-electron chi connectivity index (χ2n) is 30.3. The average molecular weight is 1490 g/mol. The highest BCUT2D eigenvalue weighted by atomic mass is 31.2. The zero-order chi connectivity index (χ0) is 74.8. The van der Waals surface area contributed by atoms with Gasteiger partial charge in [0.25, 0.3) is 0 Å². The highest BCUT2D eigenvalue weighted by molar-refractivity contribution is 7.47. The maximum atomic E-state index is 13.1. The van der Waals surface area contributed by atoms with Crippen molar-refractivity contribution in [3.63, 3.8) is 0 Å². The third kappa shape index (κ3) is 76.3. The Morgan fingerprint density at radius 2 is 0.451 bits per heavy atom. The lowest BCUT2D eigenvalue weighted by Crippen LogP contribution is -2.30. The normalized spacial score (nSPS) is 13.8. The van der Waals surface area contributed by atoms with Crippen LogP contribution in [0, 0.1) is 5.92 Å². The zero-order valence-corrected chi connectivity index (χ0v) is 68.5. The molecule has 0 radical (unpaired) electrons. The highest BCUT2D eigenvalue weighted by Crippen LogP contribution is 2.45. The smallest absolute Gasteiger partial charge is 0.462 e. The van der Waals surface area contributed by atoms with Crippen molar-refractivity contribution in [2.24, 2.45) is 5.92 Å². The quantitative estimate of drug-likeness (QED) is 0.0222. The molecule has 0 aromatic heterocycles. The van der Waals surface area contributed by atoms with E-state index in [0.29, 0.717) is 25.7 Å². The second kappa shape index (κ2) is 75.9. The van der Waals surface area contributed by atoms with Crippen molar-refractivity contribution in [3.8, 4) is 0 Å². The van der Waals surface area contributed by atoms with Gasteiger partial charge in [0.05, 0.1) is 26.4 Å². The molecule has 0 fully saturated rings. The minimum absolute atomic E-state index is 0.107. The monoisotopic (exact) mass is 1490 g/mol. The summed E-state index contributed by atoms with van der Waals surface area (Å²) in [7, 11) is -9.92. The van der Waals surface area contributed by atoms with E-state index >= 15 is 0 Å². The first-order valence-electron chi connectivity index (χ1n) is 43.1. The maximum Gasteiger partial charge on any atom is 0.472 e. The Bertz CT molecular complexity index is 1940. The summed E-state index contributed by atoms with van der Waals surface area (Å²) in [5, 5.41) is 10.6. The molecule has 0 aromatic rings. The minimum Gasteiger partial charge on any atom is -0.462 e. The summed E-state index contributed by atoms with van der Waals surface area (Å²) >= 11 is 0. The Morgan fingerprint density at radius 1 is 0.265 bits per heavy atom. The van der Waals surface area contributed by atoms with Gasteiger partial charge in [-0.05, 0) is 31.6 Å². The van der Waals surface area contributed by atoms with Crippen LogP contribution in [0.15, 0.2) is 0 Å². The van der Waals surface area contributed by atoms with Gasteiger partial charge >= 0.3 is 39.5 Å². The van der Waals surface area contributed by atoms with Gasteiger partial charge in [-0.15, -0.1) is 0 Å². The number of aliphatic hydroxyl groups is 1. The molecule has 5 atom stereocenters. The molecular weight excluding hydrogens is 1330 g/mol. The van der Waals surface area contributed by atoms with Gasteiger partial charge in [0.1, 0.15) is 19.3 Å². The summed E-state index contributed by atoms with van der Waals surface area (Å²) in [6.07, 6.45) is 68.1. The molecule has 0 spiro atoms. The molecule has 0 saturated carbocycles. The topological polar surface area (TPSA) is 237 Å². The second-order valence-corrected chi connectivity index (χ2v) is 33.3. The van der Waals surface area contributed by atoms with Crippen LogP contribution in [0.5, 0.6) is 0 Å². The van der Waals surface area contributed by atoms with Crippen molar-refractivity contribution in [1.29, 1.82) is 0 Å². The van der Waals surface area contributed by atoms with Gasteiger partial charge in [-0.1, -0.05) is 394 Å². The molecule has 0 aromatic carbocycles. The number of aliphatic hydroxyl groups excluding tert-OH is 1. The Kier molecular flexibility index (Phi) is 74.4. The summed E-state index contributed by atoms with van der Waals surface area (Å²) in [6.45, 7) is 7.32. The van der Waals surface area contributed by atoms with Gasteiger partial charge < -0.3 is 33.8 Å². The Balaban J connectivity index is 5.21. The largest absolute Gasteiger partial charge is 0.472 e. The third-order valence-electron chi connectivity index (χ3n) is 19.5. The van der Waals surface area contributed by atoms with Crippen LogP contribution in [0.4, 0.5) is 0 Å². The number of unbranched alkanes of at least 4 members (excludes halogenated alkanes) is 55. The lowest BCUT2D eigenvalue weighted by molar-refractivity contribution is -0.161. The molecule has 0 amide bonds. The van der Waals surface area contributed by atoms with Crippen LogP contribution in [0.2, 0.25) is 0 Å². The van der Waals surface area contributed by atoms with Crippen molar-refractivity contribution in [1.82, 2.24) is 0 Å². The summed E-state index contributed by atoms with van der Waals surface area (Å²) < 4.78 is 68.8. The molecule has 0 bridgehead atoms. The van der Waals surface area contributed by atoms with E-state index in [4.69, 9.17) is 37.0 Å². The van der Waals surface area contributed by atoms with E-state index in [0.717, 1.165) is 95.8 Å². The van der Waals surface area contributed by atoms with Gasteiger partial charge in [-0.25, -0.2) is 9.13 Å². The molecule has 2 unspecified atom stereocenters. The van der Waals surface area contributed by atoms with Crippen molar-refractivity contribution < 1.29 is 80.2 Å². The fourth-order valence-corrected chi connectivity index (χ4v) is 14.5. The number of hydrogen-bond acceptors (Lipinski definition) is 15. The number of hydrogen-bond donors (Lipinski definition) is 3. The van der Waals surface area contributed by atoms with Crippen molar-refractivity contribution >= 4 is 39.5 Å². The summed E-state index contributed by atoms with van der Waals surface area (Å²) in [4.78, 5) is 73.1. The predicted octanol–water partition coefficient (Wildman–Crippen LogP) is 25.2. The third-order valence-corrected chi connectivity index (χ3v) is 21.4. The first-order chi connectivity index (χ1) is 49.5. The Morgan fingerprint density at radius 3 is 0.667 bits per heavy atom. The van der Waals surface area contributed by atoms with E-state index in [1.807, 2.05) is 0 Å². The van der Waals surface area contributed by atoms with Gasteiger partial charge in [0.15, 0.2) is 12.2 Å². The molecular formula is C83H162O17P2. The van der Waals surface area contributed by atoms with Crippen LogP contribution in [0.1, 0.15) is 446 Å². The van der Waals surface area contributed by atoms with Crippen LogP contribution >= 0.6 is 15.6 Å². The summed E-state index contributed by atoms with van der Waals surface area (Å²) in [5.74, 6) is -1.35. The van der Waals surface area contributed by atoms with E-state index in [-0.39, 0.29) is 25.7 Å². The van der Waals surface area contributed by atoms with E-state index in [1.165, 1.54) is 270 Å². The Labute approximate surface area is 626 Å². The van der Waals surface area contributed by atoms with Gasteiger partial charge in [0.2, 0.25) is 0 Å². The fourth-order valence-electron chi connectivity index (χ4n) is 12.9. The number of phosphoric ester groups is 2. The Hall–Kier alpha value is -1.94. The van der Waals surface area contributed by atoms with E-state index < -0.39 is 97.5 Å². The zero-order valence-electron chi connectivity index (χ0n) is 66.8. The van der Waals surface area contributed by atoms with Crippen molar-refractivity contribution in [3.05, 3.63) is 0 Å². The number of rotatable bonds is 83. The van der Waals surface area contributed by atoms with E-state index in [9.17, 15) is 43.2 Å².